The number of pyridine rings is 1. The van der Waals surface area contributed by atoms with Gasteiger partial charge in [0.05, 0.1) is 17.2 Å². The first-order chi connectivity index (χ1) is 19.1. The van der Waals surface area contributed by atoms with Gasteiger partial charge < -0.3 is 19.4 Å². The van der Waals surface area contributed by atoms with E-state index in [-0.39, 0.29) is 35.7 Å². The van der Waals surface area contributed by atoms with Crippen molar-refractivity contribution >= 4 is 22.5 Å². The van der Waals surface area contributed by atoms with Crippen LogP contribution in [0.5, 0.6) is 5.75 Å². The standard InChI is InChI=1S/C30H31F2N5O3/c1-6-26(38)35-13-18(3)36(14-17(35)2)27-23-10-9-22(21-8-7-19(31)11-25(21)32)29-28(23)37(30(39)24(27)12-33)20(16-40-29)15-34(4)5/h6-11,17-18,20H,1,13-16H2,2-5H3/t17-,18+,20-/m1/s1. The number of halogens is 2. The Labute approximate surface area is 231 Å². The van der Waals surface area contributed by atoms with Gasteiger partial charge in [0, 0.05) is 54.3 Å². The second-order valence-electron chi connectivity index (χ2n) is 10.7. The third-order valence-corrected chi connectivity index (χ3v) is 7.72. The number of hydrogen-bond acceptors (Lipinski definition) is 6. The number of hydrogen-bond donors (Lipinski definition) is 0. The highest BCUT2D eigenvalue weighted by Gasteiger charge is 2.37. The van der Waals surface area contributed by atoms with Crippen molar-refractivity contribution in [2.75, 3.05) is 45.2 Å². The van der Waals surface area contributed by atoms with Crippen molar-refractivity contribution in [2.45, 2.75) is 32.0 Å². The molecule has 2 aromatic carbocycles. The topological polar surface area (TPSA) is 81.8 Å². The fourth-order valence-corrected chi connectivity index (χ4v) is 5.95. The normalized spacial score (nSPS) is 20.4. The highest BCUT2D eigenvalue weighted by molar-refractivity contribution is 6.02. The van der Waals surface area contributed by atoms with E-state index < -0.39 is 23.2 Å². The van der Waals surface area contributed by atoms with Gasteiger partial charge in [-0.1, -0.05) is 6.58 Å². The van der Waals surface area contributed by atoms with Gasteiger partial charge in [0.25, 0.3) is 5.56 Å². The van der Waals surface area contributed by atoms with Gasteiger partial charge in [-0.2, -0.15) is 5.26 Å². The second-order valence-corrected chi connectivity index (χ2v) is 10.7. The summed E-state index contributed by atoms with van der Waals surface area (Å²) >= 11 is 0. The molecule has 5 rings (SSSR count). The largest absolute Gasteiger partial charge is 0.488 e. The molecule has 1 fully saturated rings. The predicted octanol–water partition coefficient (Wildman–Crippen LogP) is 3.93. The van der Waals surface area contributed by atoms with Crippen LogP contribution < -0.4 is 15.2 Å². The van der Waals surface area contributed by atoms with E-state index >= 15 is 0 Å². The van der Waals surface area contributed by atoms with Crippen LogP contribution in [0.3, 0.4) is 0 Å². The summed E-state index contributed by atoms with van der Waals surface area (Å²) in [7, 11) is 3.77. The molecule has 0 N–H and O–H groups in total. The van der Waals surface area contributed by atoms with Crippen molar-refractivity contribution in [3.05, 3.63) is 70.5 Å². The zero-order valence-corrected chi connectivity index (χ0v) is 22.9. The van der Waals surface area contributed by atoms with Crippen molar-refractivity contribution in [3.63, 3.8) is 0 Å². The Kier molecular flexibility index (Phi) is 7.10. The highest BCUT2D eigenvalue weighted by atomic mass is 19.1. The summed E-state index contributed by atoms with van der Waals surface area (Å²) in [6.45, 7) is 8.84. The van der Waals surface area contributed by atoms with Crippen LogP contribution in [0.1, 0.15) is 25.5 Å². The van der Waals surface area contributed by atoms with Gasteiger partial charge >= 0.3 is 0 Å². The fourth-order valence-electron chi connectivity index (χ4n) is 5.95. The van der Waals surface area contributed by atoms with E-state index in [0.29, 0.717) is 47.5 Å². The molecule has 3 heterocycles. The molecule has 0 saturated carbocycles. The molecule has 2 aliphatic heterocycles. The summed E-state index contributed by atoms with van der Waals surface area (Å²) in [5.74, 6) is -1.31. The fraction of sp³-hybridized carbons (Fsp3) is 0.367. The lowest BCUT2D eigenvalue weighted by molar-refractivity contribution is -0.128. The maximum atomic E-state index is 15.0. The van der Waals surface area contributed by atoms with Crippen LogP contribution in [0.25, 0.3) is 22.0 Å². The number of aromatic nitrogens is 1. The smallest absolute Gasteiger partial charge is 0.271 e. The number of anilines is 1. The Morgan fingerprint density at radius 2 is 1.90 bits per heavy atom. The number of benzene rings is 2. The molecule has 0 radical (unpaired) electrons. The summed E-state index contributed by atoms with van der Waals surface area (Å²) < 4.78 is 36.5. The minimum atomic E-state index is -0.747. The van der Waals surface area contributed by atoms with E-state index in [1.165, 1.54) is 18.2 Å². The Morgan fingerprint density at radius 1 is 1.18 bits per heavy atom. The quantitative estimate of drug-likeness (QED) is 0.451. The highest BCUT2D eigenvalue weighted by Crippen LogP contribution is 2.45. The average molecular weight is 548 g/mol. The van der Waals surface area contributed by atoms with Gasteiger partial charge in [-0.3, -0.25) is 14.2 Å². The average Bonchev–Trinajstić information content (AvgIpc) is 2.91. The van der Waals surface area contributed by atoms with Crippen LogP contribution in [0, 0.1) is 23.0 Å². The van der Waals surface area contributed by atoms with E-state index in [2.05, 4.69) is 12.6 Å². The van der Waals surface area contributed by atoms with Crippen LogP contribution in [-0.2, 0) is 4.79 Å². The van der Waals surface area contributed by atoms with E-state index in [1.54, 1.807) is 21.6 Å². The van der Waals surface area contributed by atoms with Crippen LogP contribution in [0.15, 0.2) is 47.8 Å². The van der Waals surface area contributed by atoms with E-state index in [4.69, 9.17) is 4.74 Å². The van der Waals surface area contributed by atoms with Gasteiger partial charge in [-0.25, -0.2) is 8.78 Å². The zero-order chi connectivity index (χ0) is 28.9. The summed E-state index contributed by atoms with van der Waals surface area (Å²) in [5.41, 5.74) is 1.01. The van der Waals surface area contributed by atoms with Crippen LogP contribution in [0.2, 0.25) is 0 Å². The molecule has 8 nitrogen and oxygen atoms in total. The molecule has 0 bridgehead atoms. The molecule has 2 aliphatic rings. The van der Waals surface area contributed by atoms with Crippen LogP contribution in [-0.4, -0.2) is 72.7 Å². The number of rotatable bonds is 5. The number of ether oxygens (including phenoxy) is 1. The molecule has 208 valence electrons. The zero-order valence-electron chi connectivity index (χ0n) is 22.9. The Hall–Kier alpha value is -4.23. The molecule has 0 aliphatic carbocycles. The Balaban J connectivity index is 1.80. The maximum Gasteiger partial charge on any atom is 0.271 e. The number of amides is 1. The lowest BCUT2D eigenvalue weighted by Crippen LogP contribution is -2.58. The minimum Gasteiger partial charge on any atom is -0.488 e. The van der Waals surface area contributed by atoms with Gasteiger partial charge in [0.15, 0.2) is 5.75 Å². The number of piperazine rings is 1. The predicted molar refractivity (Wildman–Crippen MR) is 150 cm³/mol. The molecule has 1 aromatic heterocycles. The Morgan fingerprint density at radius 3 is 2.55 bits per heavy atom. The van der Waals surface area contributed by atoms with Crippen LogP contribution in [0.4, 0.5) is 14.5 Å². The maximum absolute atomic E-state index is 15.0. The van der Waals surface area contributed by atoms with Crippen LogP contribution >= 0.6 is 0 Å². The SMILES string of the molecule is C=CC(=O)N1C[C@H](C)N(c2c(C#N)c(=O)n3c4c(c(-c5ccc(F)cc5F)ccc24)OC[C@H]3CN(C)C)C[C@H]1C. The van der Waals surface area contributed by atoms with Gasteiger partial charge in [0.1, 0.15) is 29.9 Å². The lowest BCUT2D eigenvalue weighted by atomic mass is 9.96. The summed E-state index contributed by atoms with van der Waals surface area (Å²) in [6, 6.07) is 8.14. The molecule has 40 heavy (non-hydrogen) atoms. The number of likely N-dealkylation sites (N-methyl/N-ethyl adjacent to an activating group) is 1. The van der Waals surface area contributed by atoms with Crippen molar-refractivity contribution in [1.29, 1.82) is 5.26 Å². The number of carbonyl (C=O) groups is 1. The number of nitriles is 1. The third kappa shape index (κ3) is 4.40. The molecule has 10 heteroatoms. The second kappa shape index (κ2) is 10.4. The number of nitrogens with zero attached hydrogens (tertiary/aromatic N) is 5. The monoisotopic (exact) mass is 547 g/mol. The van der Waals surface area contributed by atoms with Crippen molar-refractivity contribution in [3.8, 4) is 22.9 Å². The molecule has 0 unspecified atom stereocenters. The van der Waals surface area contributed by atoms with Gasteiger partial charge in [0.2, 0.25) is 5.91 Å². The van der Waals surface area contributed by atoms with Gasteiger partial charge in [-0.15, -0.1) is 0 Å². The molecule has 3 aromatic rings. The van der Waals surface area contributed by atoms with E-state index in [0.717, 1.165) is 6.07 Å². The first-order valence-electron chi connectivity index (χ1n) is 13.1. The first kappa shape index (κ1) is 27.3. The summed E-state index contributed by atoms with van der Waals surface area (Å²) in [4.78, 5) is 32.2. The third-order valence-electron chi connectivity index (χ3n) is 7.72. The minimum absolute atomic E-state index is 0.00682. The molecule has 1 saturated heterocycles. The van der Waals surface area contributed by atoms with Crippen molar-refractivity contribution < 1.29 is 18.3 Å². The molecule has 0 spiro atoms. The molecular weight excluding hydrogens is 516 g/mol. The van der Waals surface area contributed by atoms with Crippen molar-refractivity contribution in [1.82, 2.24) is 14.4 Å². The molecular formula is C30H31F2N5O3. The summed E-state index contributed by atoms with van der Waals surface area (Å²) in [5, 5.41) is 10.9. The number of carbonyl (C=O) groups excluding carboxylic acids is 1. The van der Waals surface area contributed by atoms with E-state index in [9.17, 15) is 23.6 Å². The molecule has 1 amide bonds. The first-order valence-corrected chi connectivity index (χ1v) is 13.1. The van der Waals surface area contributed by atoms with Crippen molar-refractivity contribution in [2.24, 2.45) is 0 Å². The molecule has 3 atom stereocenters. The Bertz CT molecular complexity index is 1630. The summed E-state index contributed by atoms with van der Waals surface area (Å²) in [6.07, 6.45) is 1.28. The van der Waals surface area contributed by atoms with E-state index in [1.807, 2.05) is 37.7 Å². The van der Waals surface area contributed by atoms with Gasteiger partial charge in [-0.05, 0) is 58.3 Å². The lowest BCUT2D eigenvalue weighted by Gasteiger charge is -2.45.